The van der Waals surface area contributed by atoms with E-state index >= 15 is 0 Å². The molecule has 1 aliphatic heterocycles. The molecule has 0 amide bonds. The minimum absolute atomic E-state index is 0.0732. The molecule has 3 rings (SSSR count). The van der Waals surface area contributed by atoms with E-state index in [0.717, 1.165) is 30.9 Å². The van der Waals surface area contributed by atoms with Crippen LogP contribution in [0.5, 0.6) is 5.75 Å². The molecule has 0 spiro atoms. The Morgan fingerprint density at radius 3 is 3.11 bits per heavy atom. The molecule has 0 saturated carbocycles. The molecule has 1 unspecified atom stereocenters. The number of hydrogen-bond donors (Lipinski definition) is 1. The van der Waals surface area contributed by atoms with Gasteiger partial charge in [0.1, 0.15) is 5.75 Å². The average molecular weight is 259 g/mol. The van der Waals surface area contributed by atoms with E-state index in [-0.39, 0.29) is 6.04 Å². The van der Waals surface area contributed by atoms with E-state index in [0.29, 0.717) is 11.8 Å². The van der Waals surface area contributed by atoms with Crippen molar-refractivity contribution in [2.75, 3.05) is 13.2 Å². The molecule has 0 saturated heterocycles. The van der Waals surface area contributed by atoms with Crippen LogP contribution in [0, 0.1) is 0 Å². The molecule has 0 aliphatic carbocycles. The molecule has 1 N–H and O–H groups in total. The third kappa shape index (κ3) is 2.33. The molecule has 5 heteroatoms. The van der Waals surface area contributed by atoms with E-state index in [1.807, 2.05) is 26.0 Å². The molecule has 19 heavy (non-hydrogen) atoms. The molecule has 1 aromatic heterocycles. The molecule has 1 atom stereocenters. The van der Waals surface area contributed by atoms with Crippen molar-refractivity contribution < 1.29 is 9.15 Å². The minimum atomic E-state index is 0.0732. The Balaban J connectivity index is 1.86. The van der Waals surface area contributed by atoms with Crippen molar-refractivity contribution in [1.82, 2.24) is 15.5 Å². The van der Waals surface area contributed by atoms with Gasteiger partial charge in [0.2, 0.25) is 11.8 Å². The smallest absolute Gasteiger partial charge is 0.247 e. The molecule has 2 heterocycles. The number of nitrogens with zero attached hydrogens (tertiary/aromatic N) is 2. The first kappa shape index (κ1) is 12.2. The summed E-state index contributed by atoms with van der Waals surface area (Å²) in [4.78, 5) is 0. The van der Waals surface area contributed by atoms with Crippen LogP contribution in [-0.2, 0) is 6.42 Å². The SMILES string of the molecule is CCNC(C)c1nnc(-c2ccc3c(c2)CCO3)o1. The fraction of sp³-hybridized carbons (Fsp3) is 0.429. The third-order valence-electron chi connectivity index (χ3n) is 3.26. The fourth-order valence-electron chi connectivity index (χ4n) is 2.24. The minimum Gasteiger partial charge on any atom is -0.493 e. The van der Waals surface area contributed by atoms with Gasteiger partial charge in [0, 0.05) is 12.0 Å². The van der Waals surface area contributed by atoms with Gasteiger partial charge in [-0.2, -0.15) is 0 Å². The van der Waals surface area contributed by atoms with E-state index in [1.54, 1.807) is 0 Å². The zero-order valence-corrected chi connectivity index (χ0v) is 11.1. The highest BCUT2D eigenvalue weighted by Crippen LogP contribution is 2.30. The first-order valence-corrected chi connectivity index (χ1v) is 6.61. The predicted molar refractivity (Wildman–Crippen MR) is 71.0 cm³/mol. The molecular weight excluding hydrogens is 242 g/mol. The van der Waals surface area contributed by atoms with Crippen LogP contribution in [0.1, 0.15) is 31.3 Å². The summed E-state index contributed by atoms with van der Waals surface area (Å²) in [5.74, 6) is 2.15. The van der Waals surface area contributed by atoms with Crippen molar-refractivity contribution >= 4 is 0 Å². The van der Waals surface area contributed by atoms with Gasteiger partial charge in [-0.1, -0.05) is 6.92 Å². The number of aromatic nitrogens is 2. The van der Waals surface area contributed by atoms with Crippen molar-refractivity contribution in [3.63, 3.8) is 0 Å². The van der Waals surface area contributed by atoms with Crippen molar-refractivity contribution in [2.24, 2.45) is 0 Å². The Hall–Kier alpha value is -1.88. The van der Waals surface area contributed by atoms with E-state index in [1.165, 1.54) is 5.56 Å². The summed E-state index contributed by atoms with van der Waals surface area (Å²) in [6, 6.07) is 6.07. The topological polar surface area (TPSA) is 60.2 Å². The first-order valence-electron chi connectivity index (χ1n) is 6.61. The fourth-order valence-corrected chi connectivity index (χ4v) is 2.24. The highest BCUT2D eigenvalue weighted by molar-refractivity contribution is 5.57. The quantitative estimate of drug-likeness (QED) is 0.913. The summed E-state index contributed by atoms with van der Waals surface area (Å²) in [6.07, 6.45) is 0.942. The maximum Gasteiger partial charge on any atom is 0.247 e. The summed E-state index contributed by atoms with van der Waals surface area (Å²) in [5, 5.41) is 11.5. The second-order valence-electron chi connectivity index (χ2n) is 4.65. The molecule has 1 aromatic carbocycles. The summed E-state index contributed by atoms with van der Waals surface area (Å²) in [7, 11) is 0. The number of hydrogen-bond acceptors (Lipinski definition) is 5. The molecule has 2 aromatic rings. The zero-order valence-electron chi connectivity index (χ0n) is 11.1. The van der Waals surface area contributed by atoms with E-state index in [9.17, 15) is 0 Å². The molecule has 1 aliphatic rings. The van der Waals surface area contributed by atoms with Crippen LogP contribution in [0.3, 0.4) is 0 Å². The van der Waals surface area contributed by atoms with Crippen LogP contribution < -0.4 is 10.1 Å². The third-order valence-corrected chi connectivity index (χ3v) is 3.26. The first-order chi connectivity index (χ1) is 9.28. The van der Waals surface area contributed by atoms with Crippen LogP contribution in [0.4, 0.5) is 0 Å². The summed E-state index contributed by atoms with van der Waals surface area (Å²) in [5.41, 5.74) is 2.16. The lowest BCUT2D eigenvalue weighted by atomic mass is 10.1. The van der Waals surface area contributed by atoms with Gasteiger partial charge < -0.3 is 14.5 Å². The van der Waals surface area contributed by atoms with Gasteiger partial charge >= 0.3 is 0 Å². The Labute approximate surface area is 112 Å². The van der Waals surface area contributed by atoms with Gasteiger partial charge in [0.05, 0.1) is 12.6 Å². The molecule has 0 radical (unpaired) electrons. The van der Waals surface area contributed by atoms with Gasteiger partial charge in [0.25, 0.3) is 0 Å². The van der Waals surface area contributed by atoms with Crippen LogP contribution in [0.25, 0.3) is 11.5 Å². The van der Waals surface area contributed by atoms with Gasteiger partial charge in [-0.15, -0.1) is 10.2 Å². The molecule has 0 bridgehead atoms. The van der Waals surface area contributed by atoms with Crippen LogP contribution in [0.15, 0.2) is 22.6 Å². The predicted octanol–water partition coefficient (Wildman–Crippen LogP) is 2.34. The number of ether oxygens (including phenoxy) is 1. The summed E-state index contributed by atoms with van der Waals surface area (Å²) < 4.78 is 11.2. The second kappa shape index (κ2) is 5.01. The van der Waals surface area contributed by atoms with Crippen LogP contribution >= 0.6 is 0 Å². The summed E-state index contributed by atoms with van der Waals surface area (Å²) >= 11 is 0. The Morgan fingerprint density at radius 1 is 1.37 bits per heavy atom. The highest BCUT2D eigenvalue weighted by atomic mass is 16.5. The standard InChI is InChI=1S/C14H17N3O2/c1-3-15-9(2)13-16-17-14(19-13)11-4-5-12-10(8-11)6-7-18-12/h4-5,8-9,15H,3,6-7H2,1-2H3. The Bertz CT molecular complexity index is 580. The Kier molecular flexibility index (Phi) is 3.21. The average Bonchev–Trinajstić information content (AvgIpc) is 3.07. The molecule has 0 fully saturated rings. The maximum absolute atomic E-state index is 5.72. The van der Waals surface area contributed by atoms with Gasteiger partial charge in [0.15, 0.2) is 0 Å². The molecular formula is C14H17N3O2. The number of nitrogens with one attached hydrogen (secondary N) is 1. The van der Waals surface area contributed by atoms with Crippen LogP contribution in [0.2, 0.25) is 0 Å². The normalized spacial score (nSPS) is 15.1. The Morgan fingerprint density at radius 2 is 2.26 bits per heavy atom. The lowest BCUT2D eigenvalue weighted by Gasteiger charge is -2.05. The molecule has 100 valence electrons. The van der Waals surface area contributed by atoms with E-state index in [2.05, 4.69) is 21.6 Å². The van der Waals surface area contributed by atoms with Crippen molar-refractivity contribution in [3.8, 4) is 17.2 Å². The largest absolute Gasteiger partial charge is 0.493 e. The maximum atomic E-state index is 5.72. The van der Waals surface area contributed by atoms with E-state index < -0.39 is 0 Å². The molecule has 5 nitrogen and oxygen atoms in total. The number of benzene rings is 1. The monoisotopic (exact) mass is 259 g/mol. The van der Waals surface area contributed by atoms with Gasteiger partial charge in [-0.05, 0) is 37.2 Å². The van der Waals surface area contributed by atoms with E-state index in [4.69, 9.17) is 9.15 Å². The highest BCUT2D eigenvalue weighted by Gasteiger charge is 2.17. The van der Waals surface area contributed by atoms with Gasteiger partial charge in [-0.25, -0.2) is 0 Å². The zero-order chi connectivity index (χ0) is 13.2. The number of fused-ring (bicyclic) bond motifs is 1. The number of rotatable bonds is 4. The van der Waals surface area contributed by atoms with Crippen molar-refractivity contribution in [2.45, 2.75) is 26.3 Å². The van der Waals surface area contributed by atoms with Gasteiger partial charge in [-0.3, -0.25) is 0 Å². The second-order valence-corrected chi connectivity index (χ2v) is 4.65. The van der Waals surface area contributed by atoms with Crippen LogP contribution in [-0.4, -0.2) is 23.3 Å². The summed E-state index contributed by atoms with van der Waals surface area (Å²) in [6.45, 7) is 5.69. The lowest BCUT2D eigenvalue weighted by molar-refractivity contribution is 0.357. The van der Waals surface area contributed by atoms with Crippen molar-refractivity contribution in [1.29, 1.82) is 0 Å². The lowest BCUT2D eigenvalue weighted by Crippen LogP contribution is -2.17. The van der Waals surface area contributed by atoms with Crippen molar-refractivity contribution in [3.05, 3.63) is 29.7 Å².